The van der Waals surface area contributed by atoms with Crippen LogP contribution in [0.2, 0.25) is 0 Å². The van der Waals surface area contributed by atoms with E-state index in [1.807, 2.05) is 6.92 Å². The van der Waals surface area contributed by atoms with Crippen molar-refractivity contribution in [1.82, 2.24) is 0 Å². The number of nitrogens with two attached hydrogens (primary N) is 1. The molecule has 1 aliphatic rings. The number of rotatable bonds is 2. The van der Waals surface area contributed by atoms with Gasteiger partial charge in [-0.3, -0.25) is 0 Å². The van der Waals surface area contributed by atoms with E-state index in [1.165, 1.54) is 25.7 Å². The molecule has 3 unspecified atom stereocenters. The van der Waals surface area contributed by atoms with E-state index >= 15 is 0 Å². The van der Waals surface area contributed by atoms with Gasteiger partial charge in [0.15, 0.2) is 0 Å². The molecular weight excluding hydrogens is 158 g/mol. The van der Waals surface area contributed by atoms with Gasteiger partial charge in [-0.05, 0) is 31.6 Å². The predicted octanol–water partition coefficient (Wildman–Crippen LogP) is 2.55. The largest absolute Gasteiger partial charge is 0.327 e. The van der Waals surface area contributed by atoms with E-state index in [0.29, 0.717) is 6.04 Å². The standard InChI is InChI=1S/C12H21N/c1-3-4-8-12(13)11-7-5-6-10(2)9-11/h10-12H,5-9,13H2,1-2H3. The van der Waals surface area contributed by atoms with Gasteiger partial charge in [0.1, 0.15) is 0 Å². The van der Waals surface area contributed by atoms with Crippen LogP contribution in [0.5, 0.6) is 0 Å². The maximum atomic E-state index is 6.09. The summed E-state index contributed by atoms with van der Waals surface area (Å²) in [6.07, 6.45) is 6.26. The molecule has 0 amide bonds. The van der Waals surface area contributed by atoms with Crippen LogP contribution in [0, 0.1) is 23.7 Å². The van der Waals surface area contributed by atoms with Crippen LogP contribution in [0.3, 0.4) is 0 Å². The van der Waals surface area contributed by atoms with E-state index in [-0.39, 0.29) is 0 Å². The number of hydrogen-bond acceptors (Lipinski definition) is 1. The van der Waals surface area contributed by atoms with Crippen molar-refractivity contribution >= 4 is 0 Å². The van der Waals surface area contributed by atoms with E-state index < -0.39 is 0 Å². The van der Waals surface area contributed by atoms with Crippen LogP contribution in [-0.2, 0) is 0 Å². The average molecular weight is 179 g/mol. The molecule has 0 saturated heterocycles. The van der Waals surface area contributed by atoms with Gasteiger partial charge in [-0.1, -0.05) is 19.8 Å². The van der Waals surface area contributed by atoms with Crippen LogP contribution in [0.15, 0.2) is 0 Å². The number of hydrogen-bond donors (Lipinski definition) is 1. The maximum Gasteiger partial charge on any atom is 0.0243 e. The van der Waals surface area contributed by atoms with Crippen molar-refractivity contribution < 1.29 is 0 Å². The fraction of sp³-hybridized carbons (Fsp3) is 0.833. The maximum absolute atomic E-state index is 6.09. The summed E-state index contributed by atoms with van der Waals surface area (Å²) in [5.74, 6) is 7.60. The SMILES string of the molecule is CC#CCC(N)C1CCCC(C)C1. The highest BCUT2D eigenvalue weighted by Crippen LogP contribution is 2.30. The minimum atomic E-state index is 0.315. The summed E-state index contributed by atoms with van der Waals surface area (Å²) < 4.78 is 0. The van der Waals surface area contributed by atoms with Crippen LogP contribution in [0.1, 0.15) is 46.0 Å². The van der Waals surface area contributed by atoms with Crippen molar-refractivity contribution in [2.45, 2.75) is 52.0 Å². The second kappa shape index (κ2) is 5.29. The van der Waals surface area contributed by atoms with Crippen molar-refractivity contribution in [3.05, 3.63) is 0 Å². The molecule has 1 rings (SSSR count). The molecule has 1 heteroatoms. The first kappa shape index (κ1) is 10.6. The van der Waals surface area contributed by atoms with Gasteiger partial charge >= 0.3 is 0 Å². The van der Waals surface area contributed by atoms with Crippen LogP contribution in [0.25, 0.3) is 0 Å². The van der Waals surface area contributed by atoms with Gasteiger partial charge in [-0.15, -0.1) is 11.8 Å². The Balaban J connectivity index is 2.35. The lowest BCUT2D eigenvalue weighted by molar-refractivity contribution is 0.248. The molecule has 3 atom stereocenters. The van der Waals surface area contributed by atoms with Crippen molar-refractivity contribution in [3.8, 4) is 11.8 Å². The third-order valence-electron chi connectivity index (χ3n) is 3.10. The molecule has 2 N–H and O–H groups in total. The molecule has 1 fully saturated rings. The van der Waals surface area contributed by atoms with E-state index in [4.69, 9.17) is 5.73 Å². The third kappa shape index (κ3) is 3.40. The fourth-order valence-electron chi connectivity index (χ4n) is 2.26. The minimum Gasteiger partial charge on any atom is -0.327 e. The Bertz CT molecular complexity index is 199. The molecule has 13 heavy (non-hydrogen) atoms. The zero-order chi connectivity index (χ0) is 9.68. The lowest BCUT2D eigenvalue weighted by Crippen LogP contribution is -2.32. The lowest BCUT2D eigenvalue weighted by atomic mass is 9.78. The van der Waals surface area contributed by atoms with Crippen molar-refractivity contribution in [2.24, 2.45) is 17.6 Å². The van der Waals surface area contributed by atoms with Crippen molar-refractivity contribution in [2.75, 3.05) is 0 Å². The molecule has 0 aromatic heterocycles. The minimum absolute atomic E-state index is 0.315. The van der Waals surface area contributed by atoms with Gasteiger partial charge in [-0.25, -0.2) is 0 Å². The van der Waals surface area contributed by atoms with E-state index in [9.17, 15) is 0 Å². The van der Waals surface area contributed by atoms with E-state index in [2.05, 4.69) is 18.8 Å². The molecule has 0 radical (unpaired) electrons. The Kier molecular flexibility index (Phi) is 4.32. The highest BCUT2D eigenvalue weighted by Gasteiger charge is 2.23. The van der Waals surface area contributed by atoms with Crippen LogP contribution < -0.4 is 5.73 Å². The average Bonchev–Trinajstić information content (AvgIpc) is 2.14. The predicted molar refractivity (Wildman–Crippen MR) is 57.2 cm³/mol. The fourth-order valence-corrected chi connectivity index (χ4v) is 2.26. The zero-order valence-corrected chi connectivity index (χ0v) is 8.84. The molecule has 0 aromatic carbocycles. The summed E-state index contributed by atoms with van der Waals surface area (Å²) in [5, 5.41) is 0. The Morgan fingerprint density at radius 3 is 2.85 bits per heavy atom. The van der Waals surface area contributed by atoms with E-state index in [0.717, 1.165) is 18.3 Å². The Labute approximate surface area is 82.1 Å². The molecule has 0 aromatic rings. The van der Waals surface area contributed by atoms with Gasteiger partial charge in [0.05, 0.1) is 0 Å². The quantitative estimate of drug-likeness (QED) is 0.648. The highest BCUT2D eigenvalue weighted by molar-refractivity contribution is 4.99. The molecule has 0 aliphatic heterocycles. The van der Waals surface area contributed by atoms with Crippen LogP contribution in [0.4, 0.5) is 0 Å². The molecule has 0 spiro atoms. The first-order valence-corrected chi connectivity index (χ1v) is 5.39. The van der Waals surface area contributed by atoms with Crippen molar-refractivity contribution in [3.63, 3.8) is 0 Å². The van der Waals surface area contributed by atoms with E-state index in [1.54, 1.807) is 0 Å². The Morgan fingerprint density at radius 2 is 2.23 bits per heavy atom. The summed E-state index contributed by atoms with van der Waals surface area (Å²) >= 11 is 0. The van der Waals surface area contributed by atoms with Gasteiger partial charge in [0, 0.05) is 12.5 Å². The van der Waals surface area contributed by atoms with Gasteiger partial charge in [-0.2, -0.15) is 0 Å². The third-order valence-corrected chi connectivity index (χ3v) is 3.10. The Hall–Kier alpha value is -0.480. The molecule has 0 bridgehead atoms. The van der Waals surface area contributed by atoms with Gasteiger partial charge < -0.3 is 5.73 Å². The normalized spacial score (nSPS) is 30.4. The Morgan fingerprint density at radius 1 is 1.46 bits per heavy atom. The monoisotopic (exact) mass is 179 g/mol. The van der Waals surface area contributed by atoms with Crippen molar-refractivity contribution in [1.29, 1.82) is 0 Å². The summed E-state index contributed by atoms with van der Waals surface area (Å²) in [6, 6.07) is 0.315. The molecule has 1 saturated carbocycles. The lowest BCUT2D eigenvalue weighted by Gasteiger charge is -2.30. The van der Waals surface area contributed by atoms with Crippen LogP contribution >= 0.6 is 0 Å². The zero-order valence-electron chi connectivity index (χ0n) is 8.84. The highest BCUT2D eigenvalue weighted by atomic mass is 14.6. The molecular formula is C12H21N. The molecule has 0 heterocycles. The molecule has 1 aliphatic carbocycles. The van der Waals surface area contributed by atoms with Gasteiger partial charge in [0.25, 0.3) is 0 Å². The summed E-state index contributed by atoms with van der Waals surface area (Å²) in [7, 11) is 0. The smallest absolute Gasteiger partial charge is 0.0243 e. The van der Waals surface area contributed by atoms with Crippen LogP contribution in [-0.4, -0.2) is 6.04 Å². The first-order valence-electron chi connectivity index (χ1n) is 5.39. The summed E-state index contributed by atoms with van der Waals surface area (Å²) in [5.41, 5.74) is 6.09. The molecule has 74 valence electrons. The first-order chi connectivity index (χ1) is 6.24. The topological polar surface area (TPSA) is 26.0 Å². The summed E-state index contributed by atoms with van der Waals surface area (Å²) in [6.45, 7) is 4.22. The van der Waals surface area contributed by atoms with Gasteiger partial charge in [0.2, 0.25) is 0 Å². The second-order valence-electron chi connectivity index (χ2n) is 4.33. The molecule has 1 nitrogen and oxygen atoms in total. The second-order valence-corrected chi connectivity index (χ2v) is 4.33. The summed E-state index contributed by atoms with van der Waals surface area (Å²) in [4.78, 5) is 0.